The number of urea groups is 1. The number of piperidine rings is 2. The lowest BCUT2D eigenvalue weighted by Crippen LogP contribution is -2.52. The van der Waals surface area contributed by atoms with Crippen molar-refractivity contribution in [3.63, 3.8) is 0 Å². The van der Waals surface area contributed by atoms with Gasteiger partial charge in [0.05, 0.1) is 8.95 Å². The Balaban J connectivity index is 1.08. The Morgan fingerprint density at radius 3 is 2.29 bits per heavy atom. The Morgan fingerprint density at radius 1 is 0.896 bits per heavy atom. The Bertz CT molecular complexity index is 1460. The Morgan fingerprint density at radius 2 is 1.56 bits per heavy atom. The fourth-order valence-electron chi connectivity index (χ4n) is 7.51. The molecule has 13 heteroatoms. The molecule has 3 saturated heterocycles. The number of hydrogen-bond donors (Lipinski definition) is 2. The van der Waals surface area contributed by atoms with Crippen LogP contribution in [0.25, 0.3) is 0 Å². The van der Waals surface area contributed by atoms with E-state index in [2.05, 4.69) is 54.0 Å². The van der Waals surface area contributed by atoms with E-state index in [9.17, 15) is 19.5 Å². The van der Waals surface area contributed by atoms with Gasteiger partial charge < -0.3 is 34.8 Å². The maximum absolute atomic E-state index is 14.0. The van der Waals surface area contributed by atoms with E-state index in [4.69, 9.17) is 4.74 Å². The molecule has 0 aliphatic carbocycles. The van der Waals surface area contributed by atoms with Crippen molar-refractivity contribution in [2.45, 2.75) is 63.1 Å². The SMILES string of the molecule is CN1CCCN(C2CCN(C(=O)[C@@H](Cc3cc(Br)c(O)c(Br)c3)OC(=O)N3CCC(N4CCc5ccccc5NC4=O)CC3)CC2)CC1. The maximum Gasteiger partial charge on any atom is 0.410 e. The molecule has 0 unspecified atom stereocenters. The first kappa shape index (κ1) is 35.0. The molecule has 11 nitrogen and oxygen atoms in total. The first-order valence-corrected chi connectivity index (χ1v) is 18.7. The van der Waals surface area contributed by atoms with Gasteiger partial charge in [0.2, 0.25) is 0 Å². The Kier molecular flexibility index (Phi) is 11.5. The minimum atomic E-state index is -1.00. The molecular weight excluding hydrogens is 744 g/mol. The number of nitrogens with zero attached hydrogens (tertiary/aromatic N) is 5. The number of ether oxygens (including phenoxy) is 1. The number of anilines is 1. The van der Waals surface area contributed by atoms with Crippen LogP contribution in [0.4, 0.5) is 15.3 Å². The van der Waals surface area contributed by atoms with Crippen molar-refractivity contribution in [2.75, 3.05) is 71.3 Å². The van der Waals surface area contributed by atoms with Crippen LogP contribution in [0.1, 0.15) is 43.2 Å². The van der Waals surface area contributed by atoms with Crippen molar-refractivity contribution in [3.8, 4) is 5.75 Å². The summed E-state index contributed by atoms with van der Waals surface area (Å²) in [6.07, 6.45) is 3.66. The number of hydrogen-bond acceptors (Lipinski definition) is 7. The maximum atomic E-state index is 14.0. The quantitative estimate of drug-likeness (QED) is 0.417. The third kappa shape index (κ3) is 8.28. The van der Waals surface area contributed by atoms with E-state index in [0.29, 0.717) is 60.6 Å². The lowest BCUT2D eigenvalue weighted by atomic mass is 10.0. The van der Waals surface area contributed by atoms with Crippen LogP contribution in [0.2, 0.25) is 0 Å². The number of phenols is 1. The molecule has 4 aliphatic rings. The number of fused-ring (bicyclic) bond motifs is 1. The molecule has 1 atom stereocenters. The summed E-state index contributed by atoms with van der Waals surface area (Å²) in [7, 11) is 2.17. The van der Waals surface area contributed by atoms with Crippen LogP contribution in [0.5, 0.6) is 5.75 Å². The van der Waals surface area contributed by atoms with Gasteiger partial charge in [0.1, 0.15) is 5.75 Å². The number of carbonyl (C=O) groups is 3. The van der Waals surface area contributed by atoms with E-state index < -0.39 is 12.2 Å². The molecule has 2 aromatic rings. The second kappa shape index (κ2) is 15.8. The number of para-hydroxylation sites is 1. The second-order valence-electron chi connectivity index (χ2n) is 13.5. The number of rotatable bonds is 6. The summed E-state index contributed by atoms with van der Waals surface area (Å²) in [6.45, 7) is 7.06. The van der Waals surface area contributed by atoms with Crippen LogP contribution in [0, 0.1) is 0 Å². The fraction of sp³-hybridized carbons (Fsp3) is 0.571. The number of nitrogens with one attached hydrogen (secondary N) is 1. The number of phenolic OH excluding ortho intramolecular Hbond substituents is 1. The largest absolute Gasteiger partial charge is 0.506 e. The highest BCUT2D eigenvalue weighted by Gasteiger charge is 2.36. The van der Waals surface area contributed by atoms with Crippen LogP contribution in [-0.2, 0) is 22.4 Å². The van der Waals surface area contributed by atoms with Gasteiger partial charge in [-0.25, -0.2) is 9.59 Å². The van der Waals surface area contributed by atoms with Crippen LogP contribution in [0.15, 0.2) is 45.3 Å². The number of likely N-dealkylation sites (tertiary alicyclic amines) is 2. The van der Waals surface area contributed by atoms with E-state index >= 15 is 0 Å². The molecule has 0 saturated carbocycles. The third-order valence-corrected chi connectivity index (χ3v) is 11.6. The van der Waals surface area contributed by atoms with Gasteiger partial charge in [-0.05, 0) is 120 Å². The molecule has 2 aromatic carbocycles. The molecular formula is C35H46Br2N6O5. The van der Waals surface area contributed by atoms with Gasteiger partial charge in [-0.15, -0.1) is 0 Å². The molecule has 2 N–H and O–H groups in total. The number of likely N-dealkylation sites (N-methyl/N-ethyl adjacent to an activating group) is 1. The smallest absolute Gasteiger partial charge is 0.410 e. The van der Waals surface area contributed by atoms with Gasteiger partial charge in [0.15, 0.2) is 6.10 Å². The highest BCUT2D eigenvalue weighted by molar-refractivity contribution is 9.11. The van der Waals surface area contributed by atoms with E-state index in [1.807, 2.05) is 34.1 Å². The molecule has 4 aliphatic heterocycles. The van der Waals surface area contributed by atoms with Gasteiger partial charge in [-0.3, -0.25) is 9.69 Å². The Hall–Kier alpha value is -2.87. The predicted molar refractivity (Wildman–Crippen MR) is 191 cm³/mol. The molecule has 0 spiro atoms. The van der Waals surface area contributed by atoms with Gasteiger partial charge in [0, 0.05) is 70.0 Å². The third-order valence-electron chi connectivity index (χ3n) is 10.4. The zero-order valence-electron chi connectivity index (χ0n) is 27.6. The van der Waals surface area contributed by atoms with Crippen LogP contribution < -0.4 is 5.32 Å². The molecule has 260 valence electrons. The number of aromatic hydroxyl groups is 1. The Labute approximate surface area is 299 Å². The van der Waals surface area contributed by atoms with Crippen molar-refractivity contribution in [3.05, 3.63) is 56.5 Å². The summed E-state index contributed by atoms with van der Waals surface area (Å²) >= 11 is 6.78. The van der Waals surface area contributed by atoms with Gasteiger partial charge in [-0.1, -0.05) is 18.2 Å². The molecule has 4 amide bonds. The highest BCUT2D eigenvalue weighted by atomic mass is 79.9. The zero-order chi connectivity index (χ0) is 33.8. The van der Waals surface area contributed by atoms with Crippen LogP contribution in [-0.4, -0.2) is 132 Å². The van der Waals surface area contributed by atoms with Crippen molar-refractivity contribution < 1.29 is 24.2 Å². The van der Waals surface area contributed by atoms with Crippen molar-refractivity contribution >= 4 is 55.6 Å². The van der Waals surface area contributed by atoms with Crippen molar-refractivity contribution in [2.24, 2.45) is 0 Å². The lowest BCUT2D eigenvalue weighted by molar-refractivity contribution is -0.142. The molecule has 0 bridgehead atoms. The molecule has 4 heterocycles. The fourth-order valence-corrected chi connectivity index (χ4v) is 8.79. The predicted octanol–water partition coefficient (Wildman–Crippen LogP) is 5.15. The van der Waals surface area contributed by atoms with Crippen molar-refractivity contribution in [1.29, 1.82) is 0 Å². The van der Waals surface area contributed by atoms with Gasteiger partial charge >= 0.3 is 12.1 Å². The molecule has 0 radical (unpaired) electrons. The van der Waals surface area contributed by atoms with E-state index in [-0.39, 0.29) is 30.2 Å². The summed E-state index contributed by atoms with van der Waals surface area (Å²) < 4.78 is 7.04. The minimum Gasteiger partial charge on any atom is -0.506 e. The molecule has 0 aromatic heterocycles. The summed E-state index contributed by atoms with van der Waals surface area (Å²) in [5, 5.41) is 13.3. The van der Waals surface area contributed by atoms with E-state index in [0.717, 1.165) is 68.7 Å². The average Bonchev–Trinajstić information content (AvgIpc) is 3.41. The van der Waals surface area contributed by atoms with E-state index in [1.54, 1.807) is 17.0 Å². The monoisotopic (exact) mass is 788 g/mol. The first-order valence-electron chi connectivity index (χ1n) is 17.2. The summed E-state index contributed by atoms with van der Waals surface area (Å²) in [4.78, 5) is 51.1. The average molecular weight is 791 g/mol. The standard InChI is InChI=1S/C35H46Br2N6O5/c1-39-12-4-13-40(20-19-39)26-8-14-41(15-9-26)33(45)31(23-24-21-28(36)32(44)29(37)22-24)48-35(47)42-16-10-27(11-17-42)43-18-7-25-5-2-3-6-30(25)38-34(43)46/h2-3,5-6,21-22,26-27,31,44H,4,7-20,23H2,1H3,(H,38,46)/t31-/m1/s1. The number of carbonyl (C=O) groups excluding carboxylic acids is 3. The van der Waals surface area contributed by atoms with Crippen molar-refractivity contribution in [1.82, 2.24) is 24.5 Å². The second-order valence-corrected chi connectivity index (χ2v) is 15.2. The minimum absolute atomic E-state index is 0.0124. The summed E-state index contributed by atoms with van der Waals surface area (Å²) in [6, 6.07) is 11.8. The highest BCUT2D eigenvalue weighted by Crippen LogP contribution is 2.34. The first-order chi connectivity index (χ1) is 23.2. The summed E-state index contributed by atoms with van der Waals surface area (Å²) in [5.74, 6) is -0.112. The van der Waals surface area contributed by atoms with Gasteiger partial charge in [0.25, 0.3) is 5.91 Å². The number of amides is 4. The van der Waals surface area contributed by atoms with Crippen LogP contribution in [0.3, 0.4) is 0 Å². The lowest BCUT2D eigenvalue weighted by Gasteiger charge is -2.40. The topological polar surface area (TPSA) is 109 Å². The number of halogens is 2. The molecule has 6 rings (SSSR count). The molecule has 48 heavy (non-hydrogen) atoms. The van der Waals surface area contributed by atoms with E-state index in [1.165, 1.54) is 0 Å². The van der Waals surface area contributed by atoms with Gasteiger partial charge in [-0.2, -0.15) is 0 Å². The summed E-state index contributed by atoms with van der Waals surface area (Å²) in [5.41, 5.74) is 2.73. The molecule has 3 fully saturated rings. The van der Waals surface area contributed by atoms with Crippen LogP contribution >= 0.6 is 31.9 Å². The normalized spacial score (nSPS) is 21.2. The zero-order valence-corrected chi connectivity index (χ0v) is 30.8. The number of benzene rings is 2.